The van der Waals surface area contributed by atoms with Gasteiger partial charge in [0, 0.05) is 31.6 Å². The van der Waals surface area contributed by atoms with Crippen LogP contribution in [0.3, 0.4) is 0 Å². The third kappa shape index (κ3) is 5.05. The molecule has 31 heavy (non-hydrogen) atoms. The number of esters is 1. The quantitative estimate of drug-likeness (QED) is 0.619. The second-order valence-electron chi connectivity index (χ2n) is 7.35. The lowest BCUT2D eigenvalue weighted by molar-refractivity contribution is -0.140. The van der Waals surface area contributed by atoms with Gasteiger partial charge in [0.05, 0.1) is 13.5 Å². The molecule has 10 nitrogen and oxygen atoms in total. The molecule has 0 spiro atoms. The number of anilines is 1. The van der Waals surface area contributed by atoms with Crippen LogP contribution in [0.2, 0.25) is 0 Å². The normalized spacial score (nSPS) is 16.5. The Morgan fingerprint density at radius 2 is 2.00 bits per heavy atom. The minimum absolute atomic E-state index is 0.220. The van der Waals surface area contributed by atoms with Crippen molar-refractivity contribution in [1.29, 1.82) is 0 Å². The standard InChI is InChI=1S/C20H24N4O6S/c1-27-17(25)5-4-16-23-24-19(31-16)22-18(26)21-11-20(6-8-28-9-7-20)13-2-3-14-15(10-13)30-12-29-14/h2-3,10H,4-9,11-12H2,1H3,(H2,21,22,24,26). The van der Waals surface area contributed by atoms with Crippen LogP contribution < -0.4 is 20.1 Å². The van der Waals surface area contributed by atoms with Gasteiger partial charge in [-0.05, 0) is 30.5 Å². The average molecular weight is 449 g/mol. The fourth-order valence-electron chi connectivity index (χ4n) is 3.66. The number of rotatable bonds is 7. The Morgan fingerprint density at radius 1 is 1.19 bits per heavy atom. The topological polar surface area (TPSA) is 121 Å². The van der Waals surface area contributed by atoms with Gasteiger partial charge in [0.1, 0.15) is 5.01 Å². The number of urea groups is 1. The molecule has 1 aromatic heterocycles. The highest BCUT2D eigenvalue weighted by molar-refractivity contribution is 7.15. The predicted molar refractivity (Wildman–Crippen MR) is 112 cm³/mol. The summed E-state index contributed by atoms with van der Waals surface area (Å²) in [5.74, 6) is 1.14. The van der Waals surface area contributed by atoms with Crippen molar-refractivity contribution in [1.82, 2.24) is 15.5 Å². The van der Waals surface area contributed by atoms with Crippen molar-refractivity contribution < 1.29 is 28.5 Å². The number of aryl methyl sites for hydroxylation is 1. The number of carbonyl (C=O) groups excluding carboxylic acids is 2. The Labute approximate surface area is 183 Å². The van der Waals surface area contributed by atoms with E-state index in [9.17, 15) is 9.59 Å². The molecule has 1 aromatic carbocycles. The van der Waals surface area contributed by atoms with Crippen molar-refractivity contribution in [3.8, 4) is 11.5 Å². The van der Waals surface area contributed by atoms with Gasteiger partial charge in [-0.2, -0.15) is 0 Å². The molecule has 0 atom stereocenters. The van der Waals surface area contributed by atoms with E-state index in [1.807, 2.05) is 18.2 Å². The summed E-state index contributed by atoms with van der Waals surface area (Å²) in [4.78, 5) is 23.7. The molecule has 2 aliphatic rings. The number of amides is 2. The molecule has 0 radical (unpaired) electrons. The number of hydrogen-bond acceptors (Lipinski definition) is 9. The number of carbonyl (C=O) groups is 2. The smallest absolute Gasteiger partial charge is 0.321 e. The minimum atomic E-state index is -0.359. The van der Waals surface area contributed by atoms with Crippen LogP contribution in [0.25, 0.3) is 0 Å². The summed E-state index contributed by atoms with van der Waals surface area (Å²) in [6, 6.07) is 5.57. The first-order valence-electron chi connectivity index (χ1n) is 10.00. The molecule has 2 amide bonds. The number of ether oxygens (including phenoxy) is 4. The molecule has 2 aliphatic heterocycles. The highest BCUT2D eigenvalue weighted by atomic mass is 32.1. The zero-order chi connectivity index (χ0) is 21.7. The van der Waals surface area contributed by atoms with Gasteiger partial charge in [0.15, 0.2) is 11.5 Å². The van der Waals surface area contributed by atoms with Crippen molar-refractivity contribution >= 4 is 28.5 Å². The molecular formula is C20H24N4O6S. The number of aromatic nitrogens is 2. The number of hydrogen-bond donors (Lipinski definition) is 2. The molecule has 1 fully saturated rings. The van der Waals surface area contributed by atoms with E-state index in [1.54, 1.807) is 0 Å². The van der Waals surface area contributed by atoms with Crippen molar-refractivity contribution in [2.24, 2.45) is 0 Å². The Bertz CT molecular complexity index is 944. The van der Waals surface area contributed by atoms with Crippen LogP contribution in [0.15, 0.2) is 18.2 Å². The van der Waals surface area contributed by atoms with Crippen LogP contribution in [0.1, 0.15) is 29.8 Å². The van der Waals surface area contributed by atoms with Gasteiger partial charge < -0.3 is 24.3 Å². The number of benzene rings is 1. The van der Waals surface area contributed by atoms with E-state index in [-0.39, 0.29) is 30.6 Å². The van der Waals surface area contributed by atoms with E-state index < -0.39 is 0 Å². The number of fused-ring (bicyclic) bond motifs is 1. The van der Waals surface area contributed by atoms with Crippen LogP contribution in [-0.4, -0.2) is 55.9 Å². The van der Waals surface area contributed by atoms with Gasteiger partial charge in [0.25, 0.3) is 0 Å². The van der Waals surface area contributed by atoms with Crippen LogP contribution in [0, 0.1) is 0 Å². The number of nitrogens with zero attached hydrogens (tertiary/aromatic N) is 2. The first-order chi connectivity index (χ1) is 15.1. The third-order valence-electron chi connectivity index (χ3n) is 5.48. The van der Waals surface area contributed by atoms with Gasteiger partial charge in [0.2, 0.25) is 11.9 Å². The molecule has 0 saturated carbocycles. The molecular weight excluding hydrogens is 424 g/mol. The monoisotopic (exact) mass is 448 g/mol. The molecule has 0 aliphatic carbocycles. The fraction of sp³-hybridized carbons (Fsp3) is 0.500. The van der Waals surface area contributed by atoms with Crippen molar-refractivity contribution in [3.63, 3.8) is 0 Å². The van der Waals surface area contributed by atoms with Gasteiger partial charge >= 0.3 is 12.0 Å². The van der Waals surface area contributed by atoms with Crippen LogP contribution in [0.5, 0.6) is 11.5 Å². The SMILES string of the molecule is COC(=O)CCc1nnc(NC(=O)NCC2(c3ccc4c(c3)OCO4)CCOCC2)s1. The van der Waals surface area contributed by atoms with E-state index in [2.05, 4.69) is 25.6 Å². The second-order valence-corrected chi connectivity index (χ2v) is 8.41. The highest BCUT2D eigenvalue weighted by Crippen LogP contribution is 2.40. The summed E-state index contributed by atoms with van der Waals surface area (Å²) in [6.07, 6.45) is 2.20. The highest BCUT2D eigenvalue weighted by Gasteiger charge is 2.36. The van der Waals surface area contributed by atoms with Crippen LogP contribution in [0.4, 0.5) is 9.93 Å². The van der Waals surface area contributed by atoms with Gasteiger partial charge in [-0.1, -0.05) is 17.4 Å². The summed E-state index contributed by atoms with van der Waals surface area (Å²) in [6.45, 7) is 1.91. The minimum Gasteiger partial charge on any atom is -0.469 e. The lowest BCUT2D eigenvalue weighted by atomic mass is 9.74. The Balaban J connectivity index is 1.37. The van der Waals surface area contributed by atoms with Crippen molar-refractivity contribution in [2.75, 3.05) is 39.0 Å². The number of methoxy groups -OCH3 is 1. The van der Waals surface area contributed by atoms with E-state index >= 15 is 0 Å². The molecule has 0 bridgehead atoms. The maximum atomic E-state index is 12.5. The molecule has 11 heteroatoms. The maximum Gasteiger partial charge on any atom is 0.321 e. The lowest BCUT2D eigenvalue weighted by Gasteiger charge is -2.38. The Kier molecular flexibility index (Phi) is 6.52. The first-order valence-corrected chi connectivity index (χ1v) is 10.8. The van der Waals surface area contributed by atoms with Gasteiger partial charge in [-0.25, -0.2) is 4.79 Å². The fourth-order valence-corrected chi connectivity index (χ4v) is 4.40. The largest absolute Gasteiger partial charge is 0.469 e. The molecule has 4 rings (SSSR count). The van der Waals surface area contributed by atoms with Crippen molar-refractivity contribution in [3.05, 3.63) is 28.8 Å². The molecule has 3 heterocycles. The first kappa shape index (κ1) is 21.3. The van der Waals surface area contributed by atoms with Crippen LogP contribution >= 0.6 is 11.3 Å². The average Bonchev–Trinajstić information content (AvgIpc) is 3.45. The van der Waals surface area contributed by atoms with Crippen LogP contribution in [-0.2, 0) is 26.1 Å². The summed E-state index contributed by atoms with van der Waals surface area (Å²) in [5.41, 5.74) is 0.824. The molecule has 1 saturated heterocycles. The molecule has 2 N–H and O–H groups in total. The molecule has 2 aromatic rings. The summed E-state index contributed by atoms with van der Waals surface area (Å²) < 4.78 is 21.1. The Hall–Kier alpha value is -2.92. The van der Waals surface area contributed by atoms with E-state index in [0.717, 1.165) is 29.9 Å². The number of nitrogens with one attached hydrogen (secondary N) is 2. The summed E-state index contributed by atoms with van der Waals surface area (Å²) in [5, 5.41) is 14.7. The van der Waals surface area contributed by atoms with Crippen molar-refractivity contribution in [2.45, 2.75) is 31.1 Å². The van der Waals surface area contributed by atoms with E-state index in [0.29, 0.717) is 36.3 Å². The van der Waals surface area contributed by atoms with Gasteiger partial charge in [-0.15, -0.1) is 10.2 Å². The van der Waals surface area contributed by atoms with E-state index in [4.69, 9.17) is 14.2 Å². The molecule has 0 unspecified atom stereocenters. The second kappa shape index (κ2) is 9.48. The lowest BCUT2D eigenvalue weighted by Crippen LogP contribution is -2.45. The van der Waals surface area contributed by atoms with Gasteiger partial charge in [-0.3, -0.25) is 10.1 Å². The summed E-state index contributed by atoms with van der Waals surface area (Å²) >= 11 is 1.23. The Morgan fingerprint density at radius 3 is 2.81 bits per heavy atom. The third-order valence-corrected chi connectivity index (χ3v) is 6.38. The zero-order valence-electron chi connectivity index (χ0n) is 17.1. The summed E-state index contributed by atoms with van der Waals surface area (Å²) in [7, 11) is 1.34. The predicted octanol–water partition coefficient (Wildman–Crippen LogP) is 2.24. The van der Waals surface area contributed by atoms with E-state index in [1.165, 1.54) is 18.4 Å². The maximum absolute atomic E-state index is 12.5. The zero-order valence-corrected chi connectivity index (χ0v) is 18.0. The molecule has 166 valence electrons.